The van der Waals surface area contributed by atoms with Gasteiger partial charge in [0.1, 0.15) is 18.5 Å². The van der Waals surface area contributed by atoms with Crippen LogP contribution in [0.1, 0.15) is 24.2 Å². The summed E-state index contributed by atoms with van der Waals surface area (Å²) in [5.41, 5.74) is -0.163. The summed E-state index contributed by atoms with van der Waals surface area (Å²) in [6, 6.07) is 5.49. The minimum Gasteiger partial charge on any atom is -0.459 e. The van der Waals surface area contributed by atoms with Gasteiger partial charge in [0.2, 0.25) is 5.91 Å². The zero-order valence-corrected chi connectivity index (χ0v) is 14.6. The Morgan fingerprint density at radius 3 is 2.54 bits per heavy atom. The number of hydrogen-bond acceptors (Lipinski definition) is 5. The third-order valence-electron chi connectivity index (χ3n) is 3.01. The summed E-state index contributed by atoms with van der Waals surface area (Å²) in [6.07, 6.45) is -0.911. The van der Waals surface area contributed by atoms with Crippen molar-refractivity contribution < 1.29 is 23.8 Å². The number of halogens is 2. The van der Waals surface area contributed by atoms with Crippen molar-refractivity contribution in [1.82, 2.24) is 10.6 Å². The van der Waals surface area contributed by atoms with Crippen LogP contribution in [-0.2, 0) is 9.53 Å². The Bertz CT molecular complexity index is 529. The molecule has 6 nitrogen and oxygen atoms in total. The van der Waals surface area contributed by atoms with E-state index in [0.29, 0.717) is 13.1 Å². The third-order valence-corrected chi connectivity index (χ3v) is 3.01. The molecular weight excluding hydrogens is 339 g/mol. The number of hydrogen-bond donors (Lipinski definition) is 3. The van der Waals surface area contributed by atoms with Crippen LogP contribution < -0.4 is 10.6 Å². The Hall–Kier alpha value is -1.70. The first-order valence-electron chi connectivity index (χ1n) is 7.50. The molecule has 0 aliphatic rings. The summed E-state index contributed by atoms with van der Waals surface area (Å²) in [4.78, 5) is 22.9. The number of rotatable bonds is 9. The van der Waals surface area contributed by atoms with Crippen LogP contribution in [0.25, 0.3) is 0 Å². The first-order valence-corrected chi connectivity index (χ1v) is 7.50. The summed E-state index contributed by atoms with van der Waals surface area (Å²) in [5, 5.41) is 15.3. The van der Waals surface area contributed by atoms with E-state index in [0.717, 1.165) is 0 Å². The number of aliphatic hydroxyl groups excluding tert-OH is 1. The van der Waals surface area contributed by atoms with E-state index in [-0.39, 0.29) is 42.9 Å². The van der Waals surface area contributed by atoms with Crippen LogP contribution in [0.4, 0.5) is 4.39 Å². The molecule has 3 N–H and O–H groups in total. The fourth-order valence-corrected chi connectivity index (χ4v) is 1.68. The first kappa shape index (κ1) is 22.3. The molecule has 0 aliphatic heterocycles. The summed E-state index contributed by atoms with van der Waals surface area (Å²) in [7, 11) is 0. The molecule has 1 atom stereocenters. The van der Waals surface area contributed by atoms with Crippen LogP contribution in [-0.4, -0.2) is 49.3 Å². The third kappa shape index (κ3) is 8.24. The maximum atomic E-state index is 13.4. The van der Waals surface area contributed by atoms with Crippen molar-refractivity contribution in [3.05, 3.63) is 35.6 Å². The number of aliphatic hydroxyl groups is 1. The second kappa shape index (κ2) is 11.8. The number of carbonyl (C=O) groups is 2. The molecular formula is C16H24ClFN2O4. The molecule has 8 heteroatoms. The van der Waals surface area contributed by atoms with E-state index in [1.807, 2.05) is 0 Å². The largest absolute Gasteiger partial charge is 0.459 e. The van der Waals surface area contributed by atoms with Crippen LogP contribution in [0, 0.1) is 11.7 Å². The van der Waals surface area contributed by atoms with Crippen LogP contribution in [0.3, 0.4) is 0 Å². The molecule has 0 heterocycles. The lowest BCUT2D eigenvalue weighted by atomic mass is 10.2. The topological polar surface area (TPSA) is 87.7 Å². The number of amides is 1. The van der Waals surface area contributed by atoms with Gasteiger partial charge in [0.25, 0.3) is 0 Å². The first-order chi connectivity index (χ1) is 10.9. The van der Waals surface area contributed by atoms with Crippen LogP contribution >= 0.6 is 12.4 Å². The fraction of sp³-hybridized carbons (Fsp3) is 0.500. The zero-order chi connectivity index (χ0) is 17.2. The normalized spacial score (nSPS) is 11.5. The molecule has 0 saturated heterocycles. The zero-order valence-electron chi connectivity index (χ0n) is 13.8. The molecule has 0 aromatic heterocycles. The van der Waals surface area contributed by atoms with Crippen molar-refractivity contribution in [2.45, 2.75) is 20.0 Å². The standard InChI is InChI=1S/C16H23FN2O4.ClH/c1-11(2)15(21)19-8-7-18-9-12(20)10-23-16(22)13-5-3-4-6-14(13)17;/h3-6,11-12,18,20H,7-10H2,1-2H3,(H,19,21);1H. The Balaban J connectivity index is 0.00000529. The van der Waals surface area contributed by atoms with Gasteiger partial charge in [-0.25, -0.2) is 9.18 Å². The van der Waals surface area contributed by atoms with Gasteiger partial charge in [-0.3, -0.25) is 4.79 Å². The van der Waals surface area contributed by atoms with Gasteiger partial charge < -0.3 is 20.5 Å². The number of nitrogens with one attached hydrogen (secondary N) is 2. The van der Waals surface area contributed by atoms with E-state index in [1.165, 1.54) is 24.3 Å². The average molecular weight is 363 g/mol. The van der Waals surface area contributed by atoms with Gasteiger partial charge in [0.05, 0.1) is 5.56 Å². The molecule has 1 aromatic carbocycles. The molecule has 1 unspecified atom stereocenters. The fourth-order valence-electron chi connectivity index (χ4n) is 1.68. The van der Waals surface area contributed by atoms with Gasteiger partial charge in [-0.05, 0) is 12.1 Å². The number of carbonyl (C=O) groups excluding carboxylic acids is 2. The second-order valence-corrected chi connectivity index (χ2v) is 5.38. The van der Waals surface area contributed by atoms with Crippen LogP contribution in [0.5, 0.6) is 0 Å². The van der Waals surface area contributed by atoms with Gasteiger partial charge in [-0.15, -0.1) is 12.4 Å². The van der Waals surface area contributed by atoms with E-state index in [1.54, 1.807) is 13.8 Å². The van der Waals surface area contributed by atoms with Crippen molar-refractivity contribution in [1.29, 1.82) is 0 Å². The average Bonchev–Trinajstić information content (AvgIpc) is 2.52. The van der Waals surface area contributed by atoms with E-state index in [2.05, 4.69) is 10.6 Å². The summed E-state index contributed by atoms with van der Waals surface area (Å²) in [6.45, 7) is 4.49. The predicted molar refractivity (Wildman–Crippen MR) is 90.7 cm³/mol. The number of benzene rings is 1. The van der Waals surface area contributed by atoms with E-state index >= 15 is 0 Å². The Morgan fingerprint density at radius 2 is 1.92 bits per heavy atom. The van der Waals surface area contributed by atoms with E-state index in [4.69, 9.17) is 4.74 Å². The molecule has 0 aliphatic carbocycles. The lowest BCUT2D eigenvalue weighted by Gasteiger charge is -2.13. The molecule has 1 amide bonds. The SMILES string of the molecule is CC(C)C(=O)NCCNCC(O)COC(=O)c1ccccc1F.Cl. The van der Waals surface area contributed by atoms with Crippen LogP contribution in [0.15, 0.2) is 24.3 Å². The van der Waals surface area contributed by atoms with Crippen molar-refractivity contribution in [2.75, 3.05) is 26.2 Å². The molecule has 1 rings (SSSR count). The van der Waals surface area contributed by atoms with Gasteiger partial charge in [0, 0.05) is 25.6 Å². The summed E-state index contributed by atoms with van der Waals surface area (Å²) >= 11 is 0. The lowest BCUT2D eigenvalue weighted by Crippen LogP contribution is -2.38. The second-order valence-electron chi connectivity index (χ2n) is 5.38. The van der Waals surface area contributed by atoms with Gasteiger partial charge in [-0.2, -0.15) is 0 Å². The molecule has 0 bridgehead atoms. The molecule has 136 valence electrons. The molecule has 1 aromatic rings. The molecule has 0 radical (unpaired) electrons. The number of ether oxygens (including phenoxy) is 1. The van der Waals surface area contributed by atoms with Gasteiger partial charge >= 0.3 is 5.97 Å². The van der Waals surface area contributed by atoms with Crippen molar-refractivity contribution in [2.24, 2.45) is 5.92 Å². The summed E-state index contributed by atoms with van der Waals surface area (Å²) in [5.74, 6) is -1.58. The predicted octanol–water partition coefficient (Wildman–Crippen LogP) is 1.13. The van der Waals surface area contributed by atoms with Crippen LogP contribution in [0.2, 0.25) is 0 Å². The van der Waals surface area contributed by atoms with E-state index in [9.17, 15) is 19.1 Å². The maximum absolute atomic E-state index is 13.4. The quantitative estimate of drug-likeness (QED) is 0.453. The Labute approximate surface area is 147 Å². The van der Waals surface area contributed by atoms with Crippen molar-refractivity contribution >= 4 is 24.3 Å². The highest BCUT2D eigenvalue weighted by Crippen LogP contribution is 2.07. The molecule has 0 spiro atoms. The minimum atomic E-state index is -0.911. The highest BCUT2D eigenvalue weighted by atomic mass is 35.5. The minimum absolute atomic E-state index is 0. The Kier molecular flexibility index (Phi) is 10.9. The highest BCUT2D eigenvalue weighted by Gasteiger charge is 2.14. The van der Waals surface area contributed by atoms with Crippen molar-refractivity contribution in [3.63, 3.8) is 0 Å². The Morgan fingerprint density at radius 1 is 1.25 bits per heavy atom. The summed E-state index contributed by atoms with van der Waals surface area (Å²) < 4.78 is 18.2. The van der Waals surface area contributed by atoms with Gasteiger partial charge in [-0.1, -0.05) is 26.0 Å². The maximum Gasteiger partial charge on any atom is 0.341 e. The van der Waals surface area contributed by atoms with Gasteiger partial charge in [0.15, 0.2) is 0 Å². The molecule has 24 heavy (non-hydrogen) atoms. The molecule has 0 saturated carbocycles. The van der Waals surface area contributed by atoms with E-state index < -0.39 is 17.9 Å². The smallest absolute Gasteiger partial charge is 0.341 e. The number of esters is 1. The molecule has 0 fully saturated rings. The lowest BCUT2D eigenvalue weighted by molar-refractivity contribution is -0.123. The van der Waals surface area contributed by atoms with Crippen molar-refractivity contribution in [3.8, 4) is 0 Å². The monoisotopic (exact) mass is 362 g/mol. The highest BCUT2D eigenvalue weighted by molar-refractivity contribution is 5.89.